The Morgan fingerprint density at radius 3 is 2.47 bits per heavy atom. The Kier molecular flexibility index (Phi) is 7.24. The first-order chi connectivity index (χ1) is 17.4. The minimum Gasteiger partial charge on any atom is -0.490 e. The zero-order valence-corrected chi connectivity index (χ0v) is 19.3. The van der Waals surface area contributed by atoms with Gasteiger partial charge in [-0.15, -0.1) is 0 Å². The summed E-state index contributed by atoms with van der Waals surface area (Å²) in [7, 11) is 0. The molecule has 1 heterocycles. The fraction of sp³-hybridized carbons (Fsp3) is 0.154. The molecule has 0 radical (unpaired) electrons. The van der Waals surface area contributed by atoms with Gasteiger partial charge in [-0.3, -0.25) is 19.8 Å². The first-order valence-corrected chi connectivity index (χ1v) is 11.1. The number of rotatable bonds is 9. The highest BCUT2D eigenvalue weighted by Crippen LogP contribution is 2.31. The molecule has 36 heavy (non-hydrogen) atoms. The zero-order chi connectivity index (χ0) is 25.7. The lowest BCUT2D eigenvalue weighted by molar-refractivity contribution is -0.384. The summed E-state index contributed by atoms with van der Waals surface area (Å²) in [5.41, 5.74) is 1.60. The van der Waals surface area contributed by atoms with Gasteiger partial charge in [0.2, 0.25) is 0 Å². The third-order valence-corrected chi connectivity index (χ3v) is 5.37. The van der Waals surface area contributed by atoms with Crippen LogP contribution in [0.5, 0.6) is 11.5 Å². The zero-order valence-electron chi connectivity index (χ0n) is 19.3. The third kappa shape index (κ3) is 5.49. The van der Waals surface area contributed by atoms with Crippen LogP contribution in [0.1, 0.15) is 23.6 Å². The molecule has 1 saturated heterocycles. The van der Waals surface area contributed by atoms with Crippen LogP contribution in [0.25, 0.3) is 6.08 Å². The number of hydrogen-bond acceptors (Lipinski definition) is 6. The molecule has 3 amide bonds. The van der Waals surface area contributed by atoms with Crippen molar-refractivity contribution in [3.05, 3.63) is 105 Å². The lowest BCUT2D eigenvalue weighted by Crippen LogP contribution is -2.30. The van der Waals surface area contributed by atoms with Crippen LogP contribution in [-0.4, -0.2) is 28.4 Å². The smallest absolute Gasteiger partial charge is 0.329 e. The van der Waals surface area contributed by atoms with Crippen LogP contribution in [0.4, 0.5) is 14.9 Å². The molecule has 0 bridgehead atoms. The summed E-state index contributed by atoms with van der Waals surface area (Å²) in [5, 5.41) is 13.3. The van der Waals surface area contributed by atoms with Gasteiger partial charge in [-0.25, -0.2) is 9.18 Å². The molecule has 4 rings (SSSR count). The molecule has 0 atom stereocenters. The second-order valence-corrected chi connectivity index (χ2v) is 7.82. The van der Waals surface area contributed by atoms with E-state index >= 15 is 0 Å². The standard InChI is InChI=1S/C26H22FN3O6/c1-2-35-24-14-18(9-12-23(24)36-16-17-7-10-20(11-8-17)30(33)34)13-22-25(31)29(26(32)28-22)15-19-5-3-4-6-21(19)27/h3-14H,2,15-16H2,1H3,(H,28,32)/b22-13+. The van der Waals surface area contributed by atoms with Gasteiger partial charge >= 0.3 is 6.03 Å². The van der Waals surface area contributed by atoms with Gasteiger partial charge in [0.05, 0.1) is 18.1 Å². The normalized spacial score (nSPS) is 14.2. The van der Waals surface area contributed by atoms with E-state index in [4.69, 9.17) is 9.47 Å². The number of urea groups is 1. The molecular formula is C26H22FN3O6. The van der Waals surface area contributed by atoms with Crippen molar-refractivity contribution in [2.45, 2.75) is 20.1 Å². The first kappa shape index (κ1) is 24.4. The number of carbonyl (C=O) groups excluding carboxylic acids is 2. The van der Waals surface area contributed by atoms with Gasteiger partial charge in [0.25, 0.3) is 11.6 Å². The predicted molar refractivity (Wildman–Crippen MR) is 128 cm³/mol. The van der Waals surface area contributed by atoms with Gasteiger partial charge < -0.3 is 14.8 Å². The SMILES string of the molecule is CCOc1cc(/C=C2/NC(=O)N(Cc3ccccc3F)C2=O)ccc1OCc1ccc([N+](=O)[O-])cc1. The maximum absolute atomic E-state index is 14.0. The van der Waals surface area contributed by atoms with Gasteiger partial charge in [0, 0.05) is 17.7 Å². The minimum absolute atomic E-state index is 0.00725. The second kappa shape index (κ2) is 10.7. The van der Waals surface area contributed by atoms with Crippen LogP contribution < -0.4 is 14.8 Å². The molecule has 3 aromatic carbocycles. The topological polar surface area (TPSA) is 111 Å². The number of halogens is 1. The lowest BCUT2D eigenvalue weighted by Gasteiger charge is -2.13. The fourth-order valence-corrected chi connectivity index (χ4v) is 3.56. The van der Waals surface area contributed by atoms with E-state index in [2.05, 4.69) is 5.32 Å². The van der Waals surface area contributed by atoms with E-state index in [1.165, 1.54) is 36.4 Å². The first-order valence-electron chi connectivity index (χ1n) is 11.1. The summed E-state index contributed by atoms with van der Waals surface area (Å²) in [6, 6.07) is 16.4. The van der Waals surface area contributed by atoms with Crippen LogP contribution >= 0.6 is 0 Å². The van der Waals surface area contributed by atoms with Gasteiger partial charge in [-0.1, -0.05) is 24.3 Å². The van der Waals surface area contributed by atoms with Crippen molar-refractivity contribution in [1.29, 1.82) is 0 Å². The van der Waals surface area contributed by atoms with Gasteiger partial charge in [0.15, 0.2) is 11.5 Å². The molecule has 1 fully saturated rings. The van der Waals surface area contributed by atoms with Crippen molar-refractivity contribution < 1.29 is 28.4 Å². The van der Waals surface area contributed by atoms with Crippen molar-refractivity contribution >= 4 is 23.7 Å². The number of nitro benzene ring substituents is 1. The van der Waals surface area contributed by atoms with Crippen molar-refractivity contribution in [2.24, 2.45) is 0 Å². The molecule has 0 aliphatic carbocycles. The summed E-state index contributed by atoms with van der Waals surface area (Å²) >= 11 is 0. The Bertz CT molecular complexity index is 1340. The quantitative estimate of drug-likeness (QED) is 0.199. The van der Waals surface area contributed by atoms with Crippen molar-refractivity contribution in [3.8, 4) is 11.5 Å². The van der Waals surface area contributed by atoms with Gasteiger partial charge in [-0.05, 0) is 54.5 Å². The summed E-state index contributed by atoms with van der Waals surface area (Å²) in [6.45, 7) is 2.15. The van der Waals surface area contributed by atoms with Crippen LogP contribution in [-0.2, 0) is 17.9 Å². The summed E-state index contributed by atoms with van der Waals surface area (Å²) in [6.07, 6.45) is 1.50. The minimum atomic E-state index is -0.636. The van der Waals surface area contributed by atoms with Gasteiger partial charge in [-0.2, -0.15) is 0 Å². The highest BCUT2D eigenvalue weighted by molar-refractivity contribution is 6.13. The number of benzene rings is 3. The average Bonchev–Trinajstić information content (AvgIpc) is 3.12. The number of imide groups is 1. The van der Waals surface area contributed by atoms with Crippen LogP contribution in [0.15, 0.2) is 72.4 Å². The van der Waals surface area contributed by atoms with E-state index in [1.54, 1.807) is 36.4 Å². The van der Waals surface area contributed by atoms with Gasteiger partial charge in [0.1, 0.15) is 18.1 Å². The molecule has 3 aromatic rings. The van der Waals surface area contributed by atoms with E-state index in [0.717, 1.165) is 10.5 Å². The van der Waals surface area contributed by atoms with E-state index in [1.807, 2.05) is 6.92 Å². The molecule has 9 nitrogen and oxygen atoms in total. The van der Waals surface area contributed by atoms with Crippen LogP contribution in [0.2, 0.25) is 0 Å². The Labute approximate surface area is 205 Å². The molecule has 0 saturated carbocycles. The van der Waals surface area contributed by atoms with E-state index in [9.17, 15) is 24.1 Å². The number of amides is 3. The highest BCUT2D eigenvalue weighted by atomic mass is 19.1. The number of ether oxygens (including phenoxy) is 2. The van der Waals surface area contributed by atoms with E-state index in [0.29, 0.717) is 23.7 Å². The number of non-ortho nitro benzene ring substituents is 1. The number of nitrogens with one attached hydrogen (secondary N) is 1. The molecule has 1 N–H and O–H groups in total. The molecular weight excluding hydrogens is 469 g/mol. The maximum Gasteiger partial charge on any atom is 0.329 e. The molecule has 0 aromatic heterocycles. The molecule has 184 valence electrons. The molecule has 1 aliphatic rings. The lowest BCUT2D eigenvalue weighted by atomic mass is 10.1. The predicted octanol–water partition coefficient (Wildman–Crippen LogP) is 4.80. The summed E-state index contributed by atoms with van der Waals surface area (Å²) < 4.78 is 25.5. The maximum atomic E-state index is 14.0. The van der Waals surface area contributed by atoms with Crippen LogP contribution in [0, 0.1) is 15.9 Å². The van der Waals surface area contributed by atoms with Crippen molar-refractivity contribution in [1.82, 2.24) is 10.2 Å². The van der Waals surface area contributed by atoms with Crippen LogP contribution in [0.3, 0.4) is 0 Å². The molecule has 1 aliphatic heterocycles. The van der Waals surface area contributed by atoms with E-state index in [-0.39, 0.29) is 30.1 Å². The average molecular weight is 491 g/mol. The van der Waals surface area contributed by atoms with E-state index < -0.39 is 22.7 Å². The molecule has 0 unspecified atom stereocenters. The second-order valence-electron chi connectivity index (χ2n) is 7.82. The largest absolute Gasteiger partial charge is 0.490 e. The fourth-order valence-electron chi connectivity index (χ4n) is 3.56. The molecule has 10 heteroatoms. The number of hydrogen-bond donors (Lipinski definition) is 1. The number of nitrogens with zero attached hydrogens (tertiary/aromatic N) is 2. The number of nitro groups is 1. The molecule has 0 spiro atoms. The van der Waals surface area contributed by atoms with Crippen molar-refractivity contribution in [2.75, 3.05) is 6.61 Å². The Hall–Kier alpha value is -4.73. The monoisotopic (exact) mass is 491 g/mol. The Morgan fingerprint density at radius 2 is 1.78 bits per heavy atom. The number of carbonyl (C=O) groups is 2. The third-order valence-electron chi connectivity index (χ3n) is 5.37. The Balaban J connectivity index is 1.49. The van der Waals surface area contributed by atoms with Crippen molar-refractivity contribution in [3.63, 3.8) is 0 Å². The highest BCUT2D eigenvalue weighted by Gasteiger charge is 2.34. The summed E-state index contributed by atoms with van der Waals surface area (Å²) in [5.74, 6) is -0.199. The Morgan fingerprint density at radius 1 is 1.03 bits per heavy atom. The summed E-state index contributed by atoms with van der Waals surface area (Å²) in [4.78, 5) is 36.4.